The summed E-state index contributed by atoms with van der Waals surface area (Å²) in [5.41, 5.74) is 3.00. The van der Waals surface area contributed by atoms with Crippen molar-refractivity contribution in [1.29, 1.82) is 0 Å². The monoisotopic (exact) mass is 599 g/mol. The summed E-state index contributed by atoms with van der Waals surface area (Å²) in [6.07, 6.45) is 9.12. The highest BCUT2D eigenvalue weighted by molar-refractivity contribution is 7.90. The summed E-state index contributed by atoms with van der Waals surface area (Å²) in [7, 11) is -2.34. The Balaban J connectivity index is 1.44. The lowest BCUT2D eigenvalue weighted by Gasteiger charge is -2.46. The second-order valence-electron chi connectivity index (χ2n) is 12.0. The molecular formula is C31H38ClN3O5S. The van der Waals surface area contributed by atoms with Crippen molar-refractivity contribution < 1.29 is 22.7 Å². The van der Waals surface area contributed by atoms with E-state index in [2.05, 4.69) is 33.1 Å². The topological polar surface area (TPSA) is 97.0 Å². The van der Waals surface area contributed by atoms with Gasteiger partial charge in [-0.2, -0.15) is 0 Å². The Morgan fingerprint density at radius 1 is 1.17 bits per heavy atom. The summed E-state index contributed by atoms with van der Waals surface area (Å²) in [5.74, 6) is 0.772. The highest BCUT2D eigenvalue weighted by Gasteiger charge is 2.44. The maximum atomic E-state index is 13.4. The van der Waals surface area contributed by atoms with E-state index in [0.29, 0.717) is 37.3 Å². The number of nitrogens with zero attached hydrogens (tertiary/aromatic N) is 1. The van der Waals surface area contributed by atoms with Gasteiger partial charge in [-0.1, -0.05) is 29.8 Å². The highest BCUT2D eigenvalue weighted by Crippen LogP contribution is 2.47. The van der Waals surface area contributed by atoms with Gasteiger partial charge < -0.3 is 19.7 Å². The molecule has 2 N–H and O–H groups in total. The number of ether oxygens (including phenoxy) is 2. The zero-order valence-corrected chi connectivity index (χ0v) is 25.1. The van der Waals surface area contributed by atoms with Crippen LogP contribution in [0.4, 0.5) is 5.69 Å². The lowest BCUT2D eigenvalue weighted by atomic mass is 9.68. The lowest BCUT2D eigenvalue weighted by Crippen LogP contribution is -2.49. The van der Waals surface area contributed by atoms with Crippen molar-refractivity contribution in [3.05, 3.63) is 64.7 Å². The molecule has 10 heteroatoms. The van der Waals surface area contributed by atoms with E-state index in [4.69, 9.17) is 21.1 Å². The predicted octanol–water partition coefficient (Wildman–Crippen LogP) is 4.21. The van der Waals surface area contributed by atoms with Crippen LogP contribution in [0.15, 0.2) is 53.4 Å². The van der Waals surface area contributed by atoms with Crippen molar-refractivity contribution in [3.8, 4) is 5.75 Å². The third-order valence-electron chi connectivity index (χ3n) is 9.44. The van der Waals surface area contributed by atoms with E-state index < -0.39 is 22.0 Å². The molecule has 2 bridgehead atoms. The van der Waals surface area contributed by atoms with Crippen LogP contribution in [0.25, 0.3) is 0 Å². The Hall–Kier alpha value is -2.59. The van der Waals surface area contributed by atoms with Crippen LogP contribution in [0.2, 0.25) is 5.02 Å². The molecule has 0 unspecified atom stereocenters. The first-order chi connectivity index (χ1) is 19.7. The number of sulfonamides is 1. The van der Waals surface area contributed by atoms with Crippen LogP contribution in [0.3, 0.4) is 0 Å². The number of methoxy groups -OCH3 is 1. The molecule has 5 atom stereocenters. The third-order valence-corrected chi connectivity index (χ3v) is 11.0. The molecule has 220 valence electrons. The van der Waals surface area contributed by atoms with Crippen molar-refractivity contribution >= 4 is 33.2 Å². The SMILES string of the molecule is CO[C@@H]1/C=C\CN[C@H](C)C(=O)NS(=O)(=O)c2ccc3c(c2)N(C[C@@H]2CC[C@H]21)C[C@@]1(CCCc2cc(Cl)ccc21)CO3. The van der Waals surface area contributed by atoms with E-state index in [-0.39, 0.29) is 16.4 Å². The fourth-order valence-electron chi connectivity index (χ4n) is 7.01. The molecule has 2 aliphatic carbocycles. The molecule has 41 heavy (non-hydrogen) atoms. The van der Waals surface area contributed by atoms with Gasteiger partial charge in [0.15, 0.2) is 0 Å². The van der Waals surface area contributed by atoms with E-state index in [1.165, 1.54) is 17.2 Å². The first-order valence-electron chi connectivity index (χ1n) is 14.5. The number of hydrogen-bond donors (Lipinski definition) is 2. The number of hydrogen-bond acceptors (Lipinski definition) is 7. The van der Waals surface area contributed by atoms with Crippen molar-refractivity contribution in [2.24, 2.45) is 11.8 Å². The minimum atomic E-state index is -4.09. The van der Waals surface area contributed by atoms with Crippen LogP contribution >= 0.6 is 11.6 Å². The molecule has 0 aromatic heterocycles. The molecule has 1 saturated carbocycles. The summed E-state index contributed by atoms with van der Waals surface area (Å²) in [4.78, 5) is 15.2. The number of amides is 1. The summed E-state index contributed by atoms with van der Waals surface area (Å²) < 4.78 is 41.4. The van der Waals surface area contributed by atoms with E-state index in [0.717, 1.165) is 49.4 Å². The Morgan fingerprint density at radius 3 is 2.80 bits per heavy atom. The fraction of sp³-hybridized carbons (Fsp3) is 0.516. The normalized spacial score (nSPS) is 32.0. The second-order valence-corrected chi connectivity index (χ2v) is 14.1. The molecule has 1 spiro atoms. The number of carbonyl (C=O) groups is 1. The van der Waals surface area contributed by atoms with Crippen LogP contribution in [0, 0.1) is 11.8 Å². The zero-order chi connectivity index (χ0) is 28.8. The van der Waals surface area contributed by atoms with Crippen LogP contribution < -0.4 is 19.7 Å². The molecule has 2 aliphatic heterocycles. The van der Waals surface area contributed by atoms with Crippen LogP contribution in [0.1, 0.15) is 43.7 Å². The summed E-state index contributed by atoms with van der Waals surface area (Å²) in [5, 5.41) is 3.82. The molecule has 1 fully saturated rings. The highest BCUT2D eigenvalue weighted by atomic mass is 35.5. The molecular weight excluding hydrogens is 562 g/mol. The van der Waals surface area contributed by atoms with Gasteiger partial charge in [0.1, 0.15) is 5.75 Å². The van der Waals surface area contributed by atoms with Gasteiger partial charge in [-0.3, -0.25) is 4.79 Å². The van der Waals surface area contributed by atoms with Gasteiger partial charge in [0, 0.05) is 37.2 Å². The number of rotatable bonds is 1. The molecule has 6 rings (SSSR count). The van der Waals surface area contributed by atoms with E-state index in [1.807, 2.05) is 12.1 Å². The maximum absolute atomic E-state index is 13.4. The fourth-order valence-corrected chi connectivity index (χ4v) is 8.28. The average molecular weight is 600 g/mol. The van der Waals surface area contributed by atoms with Gasteiger partial charge in [0.05, 0.1) is 29.3 Å². The average Bonchev–Trinajstić information content (AvgIpc) is 3.08. The number of halogens is 1. The van der Waals surface area contributed by atoms with Gasteiger partial charge in [-0.25, -0.2) is 13.1 Å². The van der Waals surface area contributed by atoms with Crippen LogP contribution in [-0.2, 0) is 31.4 Å². The number of carbonyl (C=O) groups excluding carboxylic acids is 1. The predicted molar refractivity (Wildman–Crippen MR) is 159 cm³/mol. The van der Waals surface area contributed by atoms with Gasteiger partial charge in [0.2, 0.25) is 0 Å². The zero-order valence-electron chi connectivity index (χ0n) is 23.6. The molecule has 2 aromatic rings. The Labute approximate surface area is 247 Å². The van der Waals surface area contributed by atoms with E-state index in [1.54, 1.807) is 26.2 Å². The van der Waals surface area contributed by atoms with Gasteiger partial charge in [-0.05, 0) is 92.3 Å². The maximum Gasteiger partial charge on any atom is 0.264 e. The Morgan fingerprint density at radius 2 is 2.02 bits per heavy atom. The molecule has 4 aliphatic rings. The summed E-state index contributed by atoms with van der Waals surface area (Å²) in [6, 6.07) is 10.4. The standard InChI is InChI=1S/C31H38ClN3O5S/c1-20-30(36)34-41(37,38)24-9-12-29-27(16-24)35(17-22-7-10-25(22)28(39-2)6-4-14-33-20)18-31(19-40-29)13-3-5-21-15-23(32)8-11-26(21)31/h4,6,8-9,11-12,15-16,20,22,25,28,33H,3,5,7,10,13-14,17-19H2,1-2H3,(H,34,36)/b6-4-/t20-,22+,25-,28-,31+/m1/s1. The summed E-state index contributed by atoms with van der Waals surface area (Å²) >= 11 is 6.39. The second kappa shape index (κ2) is 11.2. The summed E-state index contributed by atoms with van der Waals surface area (Å²) in [6.45, 7) is 4.03. The number of anilines is 1. The van der Waals surface area contributed by atoms with Gasteiger partial charge in [0.25, 0.3) is 15.9 Å². The quantitative estimate of drug-likeness (QED) is 0.474. The molecule has 2 aromatic carbocycles. The minimum Gasteiger partial charge on any atom is -0.490 e. The van der Waals surface area contributed by atoms with Crippen molar-refractivity contribution in [1.82, 2.24) is 10.0 Å². The van der Waals surface area contributed by atoms with E-state index >= 15 is 0 Å². The number of benzene rings is 2. The Kier molecular flexibility index (Phi) is 7.82. The van der Waals surface area contributed by atoms with Gasteiger partial charge in [-0.15, -0.1) is 0 Å². The van der Waals surface area contributed by atoms with Crippen molar-refractivity contribution in [2.75, 3.05) is 38.3 Å². The molecule has 2 heterocycles. The molecule has 1 amide bonds. The van der Waals surface area contributed by atoms with Crippen molar-refractivity contribution in [3.63, 3.8) is 0 Å². The largest absolute Gasteiger partial charge is 0.490 e. The number of aryl methyl sites for hydroxylation is 1. The lowest BCUT2D eigenvalue weighted by molar-refractivity contribution is -0.120. The number of nitrogens with one attached hydrogen (secondary N) is 2. The molecule has 8 nitrogen and oxygen atoms in total. The van der Waals surface area contributed by atoms with E-state index in [9.17, 15) is 13.2 Å². The smallest absolute Gasteiger partial charge is 0.264 e. The first-order valence-corrected chi connectivity index (χ1v) is 16.4. The van der Waals surface area contributed by atoms with Crippen molar-refractivity contribution in [2.45, 2.75) is 61.5 Å². The van der Waals surface area contributed by atoms with Crippen LogP contribution in [-0.4, -0.2) is 59.8 Å². The third kappa shape index (κ3) is 5.49. The van der Waals surface area contributed by atoms with Crippen LogP contribution in [0.5, 0.6) is 5.75 Å². The first kappa shape index (κ1) is 28.5. The molecule has 0 radical (unpaired) electrons. The Bertz CT molecular complexity index is 1460. The minimum absolute atomic E-state index is 0.0338. The molecule has 0 saturated heterocycles. The van der Waals surface area contributed by atoms with Gasteiger partial charge >= 0.3 is 0 Å². The number of fused-ring (bicyclic) bond motifs is 4.